The molecule has 0 saturated carbocycles. The van der Waals surface area contributed by atoms with Crippen molar-refractivity contribution in [3.63, 3.8) is 0 Å². The highest BCUT2D eigenvalue weighted by molar-refractivity contribution is 5.96. The lowest BCUT2D eigenvalue weighted by atomic mass is 10.0. The van der Waals surface area contributed by atoms with Gasteiger partial charge in [-0.15, -0.1) is 0 Å². The molecular formula is C16H15N3O2. The molecule has 5 heteroatoms. The van der Waals surface area contributed by atoms with Crippen molar-refractivity contribution in [1.82, 2.24) is 16.2 Å². The SMILES string of the molecule is CNC(=O)NNC(=O)c1ccc2c(c1)Cc1ccccc1-2. The van der Waals surface area contributed by atoms with Crippen molar-refractivity contribution in [2.45, 2.75) is 6.42 Å². The number of carbonyl (C=O) groups excluding carboxylic acids is 2. The van der Waals surface area contributed by atoms with E-state index in [4.69, 9.17) is 0 Å². The van der Waals surface area contributed by atoms with Crippen molar-refractivity contribution in [2.24, 2.45) is 0 Å². The topological polar surface area (TPSA) is 70.2 Å². The number of rotatable bonds is 1. The summed E-state index contributed by atoms with van der Waals surface area (Å²) in [6.45, 7) is 0. The number of benzene rings is 2. The number of nitrogens with one attached hydrogen (secondary N) is 3. The van der Waals surface area contributed by atoms with Crippen molar-refractivity contribution in [3.8, 4) is 11.1 Å². The molecule has 106 valence electrons. The summed E-state index contributed by atoms with van der Waals surface area (Å²) in [4.78, 5) is 23.0. The molecule has 0 heterocycles. The Morgan fingerprint density at radius 3 is 2.52 bits per heavy atom. The lowest BCUT2D eigenvalue weighted by molar-refractivity contribution is 0.0936. The normalized spacial score (nSPS) is 11.3. The second-order valence-electron chi connectivity index (χ2n) is 4.86. The minimum atomic E-state index is -0.461. The van der Waals surface area contributed by atoms with Gasteiger partial charge in [-0.1, -0.05) is 30.3 Å². The fraction of sp³-hybridized carbons (Fsp3) is 0.125. The second kappa shape index (κ2) is 5.28. The van der Waals surface area contributed by atoms with E-state index in [0.717, 1.165) is 12.0 Å². The van der Waals surface area contributed by atoms with E-state index in [1.54, 1.807) is 6.07 Å². The van der Waals surface area contributed by atoms with Gasteiger partial charge < -0.3 is 5.32 Å². The van der Waals surface area contributed by atoms with E-state index in [-0.39, 0.29) is 5.91 Å². The standard InChI is InChI=1S/C16H15N3O2/c1-17-16(21)19-18-15(20)11-6-7-14-12(9-11)8-10-4-2-3-5-13(10)14/h2-7,9H,8H2,1H3,(H,18,20)(H2,17,19,21). The molecule has 1 aliphatic carbocycles. The number of hydrazine groups is 1. The highest BCUT2D eigenvalue weighted by Gasteiger charge is 2.19. The predicted octanol–water partition coefficient (Wildman–Crippen LogP) is 1.83. The zero-order valence-corrected chi connectivity index (χ0v) is 11.6. The van der Waals surface area contributed by atoms with Crippen LogP contribution in [0.2, 0.25) is 0 Å². The summed E-state index contributed by atoms with van der Waals surface area (Å²) in [5, 5.41) is 2.36. The zero-order valence-electron chi connectivity index (χ0n) is 11.6. The Morgan fingerprint density at radius 2 is 1.71 bits per heavy atom. The molecule has 0 fully saturated rings. The van der Waals surface area contributed by atoms with Crippen LogP contribution < -0.4 is 16.2 Å². The molecule has 0 unspecified atom stereocenters. The first-order chi connectivity index (χ1) is 10.2. The van der Waals surface area contributed by atoms with Gasteiger partial charge in [0.15, 0.2) is 0 Å². The van der Waals surface area contributed by atoms with Gasteiger partial charge in [-0.3, -0.25) is 10.2 Å². The first kappa shape index (κ1) is 13.2. The highest BCUT2D eigenvalue weighted by atomic mass is 16.2. The van der Waals surface area contributed by atoms with Crippen LogP contribution in [-0.2, 0) is 6.42 Å². The Bertz CT molecular complexity index is 725. The summed E-state index contributed by atoms with van der Waals surface area (Å²) in [5.74, 6) is -0.336. The first-order valence-corrected chi connectivity index (χ1v) is 6.68. The molecule has 0 bridgehead atoms. The number of hydrogen-bond donors (Lipinski definition) is 3. The molecule has 2 aromatic carbocycles. The first-order valence-electron chi connectivity index (χ1n) is 6.68. The maximum Gasteiger partial charge on any atom is 0.333 e. The quantitative estimate of drug-likeness (QED) is 0.596. The van der Waals surface area contributed by atoms with Crippen molar-refractivity contribution in [3.05, 3.63) is 59.2 Å². The van der Waals surface area contributed by atoms with Crippen LogP contribution >= 0.6 is 0 Å². The molecule has 3 amide bonds. The molecule has 1 aliphatic rings. The van der Waals surface area contributed by atoms with Crippen LogP contribution in [0.1, 0.15) is 21.5 Å². The van der Waals surface area contributed by atoms with Gasteiger partial charge in [0.25, 0.3) is 5.91 Å². The fourth-order valence-corrected chi connectivity index (χ4v) is 2.53. The average molecular weight is 281 g/mol. The third kappa shape index (κ3) is 2.45. The molecule has 0 aromatic heterocycles. The number of fused-ring (bicyclic) bond motifs is 3. The van der Waals surface area contributed by atoms with E-state index < -0.39 is 6.03 Å². The van der Waals surface area contributed by atoms with Gasteiger partial charge in [0.1, 0.15) is 0 Å². The summed E-state index contributed by atoms with van der Waals surface area (Å²) in [6, 6.07) is 13.4. The van der Waals surface area contributed by atoms with E-state index in [1.165, 1.54) is 23.7 Å². The van der Waals surface area contributed by atoms with Gasteiger partial charge in [0, 0.05) is 12.6 Å². The maximum absolute atomic E-state index is 12.0. The van der Waals surface area contributed by atoms with Crippen LogP contribution in [0.15, 0.2) is 42.5 Å². The van der Waals surface area contributed by atoms with Gasteiger partial charge in [0.2, 0.25) is 0 Å². The Morgan fingerprint density at radius 1 is 0.952 bits per heavy atom. The predicted molar refractivity (Wildman–Crippen MR) is 79.7 cm³/mol. The van der Waals surface area contributed by atoms with Crippen LogP contribution in [0.5, 0.6) is 0 Å². The van der Waals surface area contributed by atoms with Crippen molar-refractivity contribution < 1.29 is 9.59 Å². The Balaban J connectivity index is 1.81. The summed E-state index contributed by atoms with van der Waals surface area (Å²) in [5.41, 5.74) is 9.95. The van der Waals surface area contributed by atoms with Gasteiger partial charge in [0.05, 0.1) is 0 Å². The van der Waals surface area contributed by atoms with Crippen molar-refractivity contribution in [2.75, 3.05) is 7.05 Å². The van der Waals surface area contributed by atoms with E-state index in [0.29, 0.717) is 5.56 Å². The molecule has 0 spiro atoms. The number of hydrogen-bond acceptors (Lipinski definition) is 2. The third-order valence-corrected chi connectivity index (χ3v) is 3.57. The fourth-order valence-electron chi connectivity index (χ4n) is 2.53. The highest BCUT2D eigenvalue weighted by Crippen LogP contribution is 2.36. The number of amides is 3. The van der Waals surface area contributed by atoms with E-state index in [2.05, 4.69) is 28.3 Å². The largest absolute Gasteiger partial charge is 0.340 e. The lowest BCUT2D eigenvalue weighted by Crippen LogP contribution is -2.45. The van der Waals surface area contributed by atoms with Crippen molar-refractivity contribution in [1.29, 1.82) is 0 Å². The molecular weight excluding hydrogens is 266 g/mol. The minimum absolute atomic E-state index is 0.336. The Labute approximate surface area is 122 Å². The van der Waals surface area contributed by atoms with Gasteiger partial charge in [-0.25, -0.2) is 10.2 Å². The van der Waals surface area contributed by atoms with Gasteiger partial charge in [-0.05, 0) is 40.8 Å². The van der Waals surface area contributed by atoms with Crippen LogP contribution in [-0.4, -0.2) is 19.0 Å². The van der Waals surface area contributed by atoms with Gasteiger partial charge in [-0.2, -0.15) is 0 Å². The van der Waals surface area contributed by atoms with Gasteiger partial charge >= 0.3 is 6.03 Å². The molecule has 0 saturated heterocycles. The van der Waals surface area contributed by atoms with E-state index in [9.17, 15) is 9.59 Å². The molecule has 2 aromatic rings. The second-order valence-corrected chi connectivity index (χ2v) is 4.86. The monoisotopic (exact) mass is 281 g/mol. The summed E-state index contributed by atoms with van der Waals surface area (Å²) in [6.07, 6.45) is 0.829. The van der Waals surface area contributed by atoms with Crippen LogP contribution in [0, 0.1) is 0 Å². The molecule has 3 rings (SSSR count). The molecule has 5 nitrogen and oxygen atoms in total. The summed E-state index contributed by atoms with van der Waals surface area (Å²) < 4.78 is 0. The number of urea groups is 1. The lowest BCUT2D eigenvalue weighted by Gasteiger charge is -2.08. The van der Waals surface area contributed by atoms with Crippen LogP contribution in [0.4, 0.5) is 4.79 Å². The zero-order chi connectivity index (χ0) is 14.8. The van der Waals surface area contributed by atoms with Crippen LogP contribution in [0.3, 0.4) is 0 Å². The molecule has 0 atom stereocenters. The van der Waals surface area contributed by atoms with E-state index in [1.807, 2.05) is 24.3 Å². The van der Waals surface area contributed by atoms with Crippen molar-refractivity contribution >= 4 is 11.9 Å². The summed E-state index contributed by atoms with van der Waals surface area (Å²) >= 11 is 0. The molecule has 0 aliphatic heterocycles. The third-order valence-electron chi connectivity index (χ3n) is 3.57. The number of carbonyl (C=O) groups is 2. The smallest absolute Gasteiger partial charge is 0.333 e. The van der Waals surface area contributed by atoms with E-state index >= 15 is 0 Å². The Hall–Kier alpha value is -2.82. The summed E-state index contributed by atoms with van der Waals surface area (Å²) in [7, 11) is 1.48. The molecule has 0 radical (unpaired) electrons. The molecule has 21 heavy (non-hydrogen) atoms. The Kier molecular flexibility index (Phi) is 3.31. The minimum Gasteiger partial charge on any atom is -0.340 e. The maximum atomic E-state index is 12.0. The van der Waals surface area contributed by atoms with Crippen LogP contribution in [0.25, 0.3) is 11.1 Å². The molecule has 3 N–H and O–H groups in total. The average Bonchev–Trinajstić information content (AvgIpc) is 2.89.